The number of aromatic amines is 1. The highest BCUT2D eigenvalue weighted by Gasteiger charge is 2.48. The Morgan fingerprint density at radius 3 is 2.49 bits per heavy atom. The maximum atomic E-state index is 14.2. The highest BCUT2D eigenvalue weighted by Crippen LogP contribution is 2.37. The average Bonchev–Trinajstić information content (AvgIpc) is 3.77. The second-order valence-electron chi connectivity index (χ2n) is 13.7. The molecule has 10 nitrogen and oxygen atoms in total. The number of nitrogens with zero attached hydrogens (tertiary/aromatic N) is 3. The zero-order valence-electron chi connectivity index (χ0n) is 28.5. The van der Waals surface area contributed by atoms with E-state index in [1.807, 2.05) is 72.9 Å². The van der Waals surface area contributed by atoms with Gasteiger partial charge in [0.05, 0.1) is 12.3 Å². The number of fused-ring (bicyclic) bond motifs is 3. The van der Waals surface area contributed by atoms with Crippen molar-refractivity contribution in [2.24, 2.45) is 17.8 Å². The van der Waals surface area contributed by atoms with Crippen LogP contribution in [0.5, 0.6) is 0 Å². The van der Waals surface area contributed by atoms with E-state index in [1.54, 1.807) is 35.2 Å². The van der Waals surface area contributed by atoms with Crippen LogP contribution >= 0.6 is 11.6 Å². The molecule has 2 aliphatic rings. The van der Waals surface area contributed by atoms with Crippen LogP contribution in [0.25, 0.3) is 21.7 Å². The first-order valence-corrected chi connectivity index (χ1v) is 17.9. The van der Waals surface area contributed by atoms with Gasteiger partial charge in [0.1, 0.15) is 11.7 Å². The van der Waals surface area contributed by atoms with E-state index in [4.69, 9.17) is 11.6 Å². The summed E-state index contributed by atoms with van der Waals surface area (Å²) >= 11 is 6.18. The molecule has 2 aromatic heterocycles. The maximum Gasteiger partial charge on any atom is 0.272 e. The predicted octanol–water partition coefficient (Wildman–Crippen LogP) is 5.01. The van der Waals surface area contributed by atoms with Gasteiger partial charge >= 0.3 is 0 Å². The number of aryl methyl sites for hydroxylation is 1. The number of amides is 4. The topological polar surface area (TPSA) is 128 Å². The summed E-state index contributed by atoms with van der Waals surface area (Å²) in [6.45, 7) is 1.38. The second kappa shape index (κ2) is 14.9. The first-order chi connectivity index (χ1) is 24.8. The van der Waals surface area contributed by atoms with Crippen molar-refractivity contribution < 1.29 is 19.2 Å². The van der Waals surface area contributed by atoms with Gasteiger partial charge in [-0.25, -0.2) is 0 Å². The number of benzene rings is 3. The smallest absolute Gasteiger partial charge is 0.272 e. The quantitative estimate of drug-likeness (QED) is 0.188. The van der Waals surface area contributed by atoms with Gasteiger partial charge in [0.15, 0.2) is 0 Å². The Balaban J connectivity index is 1.11. The molecule has 2 saturated heterocycles. The summed E-state index contributed by atoms with van der Waals surface area (Å²) in [6, 6.07) is 24.4. The first kappa shape index (κ1) is 34.2. The van der Waals surface area contributed by atoms with E-state index in [-0.39, 0.29) is 48.4 Å². The van der Waals surface area contributed by atoms with Crippen LogP contribution in [0.2, 0.25) is 5.02 Å². The summed E-state index contributed by atoms with van der Waals surface area (Å²) in [5.74, 6) is -1.78. The number of H-pyrrole nitrogens is 1. The Hall–Kier alpha value is -5.22. The lowest BCUT2D eigenvalue weighted by Crippen LogP contribution is -2.56. The lowest BCUT2D eigenvalue weighted by atomic mass is 9.79. The summed E-state index contributed by atoms with van der Waals surface area (Å²) in [4.78, 5) is 66.2. The molecule has 0 bridgehead atoms. The van der Waals surface area contributed by atoms with Crippen LogP contribution in [0.3, 0.4) is 0 Å². The largest absolute Gasteiger partial charge is 0.361 e. The van der Waals surface area contributed by atoms with E-state index in [0.29, 0.717) is 43.2 Å². The van der Waals surface area contributed by atoms with Crippen molar-refractivity contribution in [1.29, 1.82) is 0 Å². The van der Waals surface area contributed by atoms with E-state index in [1.165, 1.54) is 5.56 Å². The summed E-state index contributed by atoms with van der Waals surface area (Å²) < 4.78 is 0. The molecule has 11 heteroatoms. The highest BCUT2D eigenvalue weighted by molar-refractivity contribution is 6.31. The molecule has 0 saturated carbocycles. The third-order valence-electron chi connectivity index (χ3n) is 10.5. The molecule has 0 radical (unpaired) electrons. The van der Waals surface area contributed by atoms with Crippen LogP contribution in [-0.2, 0) is 27.2 Å². The Morgan fingerprint density at radius 2 is 1.69 bits per heavy atom. The fourth-order valence-electron chi connectivity index (χ4n) is 7.74. The van der Waals surface area contributed by atoms with Crippen LogP contribution in [0.4, 0.5) is 0 Å². The number of aromatic nitrogens is 2. The van der Waals surface area contributed by atoms with Crippen molar-refractivity contribution in [3.63, 3.8) is 0 Å². The van der Waals surface area contributed by atoms with Crippen molar-refractivity contribution in [1.82, 2.24) is 30.4 Å². The zero-order valence-corrected chi connectivity index (χ0v) is 29.2. The molecule has 2 aliphatic heterocycles. The van der Waals surface area contributed by atoms with Gasteiger partial charge in [-0.2, -0.15) is 0 Å². The number of halogens is 1. The minimum Gasteiger partial charge on any atom is -0.361 e. The third kappa shape index (κ3) is 7.46. The van der Waals surface area contributed by atoms with E-state index >= 15 is 0 Å². The summed E-state index contributed by atoms with van der Waals surface area (Å²) in [7, 11) is 1.57. The van der Waals surface area contributed by atoms with Crippen molar-refractivity contribution in [2.75, 3.05) is 33.2 Å². The molecular formula is C40H41ClN6O4. The van der Waals surface area contributed by atoms with Gasteiger partial charge in [0, 0.05) is 66.9 Å². The predicted molar refractivity (Wildman–Crippen MR) is 197 cm³/mol. The Morgan fingerprint density at radius 1 is 0.922 bits per heavy atom. The molecule has 5 aromatic rings. The van der Waals surface area contributed by atoms with Gasteiger partial charge in [-0.15, -0.1) is 0 Å². The summed E-state index contributed by atoms with van der Waals surface area (Å²) in [5.41, 5.74) is 3.21. The molecule has 4 atom stereocenters. The van der Waals surface area contributed by atoms with Gasteiger partial charge in [-0.3, -0.25) is 24.2 Å². The number of nitrogens with one attached hydrogen (secondary N) is 3. The van der Waals surface area contributed by atoms with Crippen LogP contribution in [0.1, 0.15) is 34.5 Å². The number of hydrogen-bond donors (Lipinski definition) is 3. The van der Waals surface area contributed by atoms with Crippen molar-refractivity contribution in [3.05, 3.63) is 113 Å². The number of carbonyl (C=O) groups is 4. The van der Waals surface area contributed by atoms with Crippen LogP contribution < -0.4 is 10.6 Å². The molecule has 4 heterocycles. The molecule has 51 heavy (non-hydrogen) atoms. The van der Waals surface area contributed by atoms with Crippen LogP contribution in [-0.4, -0.2) is 82.7 Å². The van der Waals surface area contributed by atoms with E-state index in [2.05, 4.69) is 20.6 Å². The Kier molecular flexibility index (Phi) is 10.0. The zero-order chi connectivity index (χ0) is 35.5. The average molecular weight is 705 g/mol. The van der Waals surface area contributed by atoms with E-state index < -0.39 is 12.0 Å². The lowest BCUT2D eigenvalue weighted by Gasteiger charge is -2.40. The normalized spacial score (nSPS) is 19.1. The minimum absolute atomic E-state index is 0.103. The highest BCUT2D eigenvalue weighted by atomic mass is 35.5. The first-order valence-electron chi connectivity index (χ1n) is 17.5. The van der Waals surface area contributed by atoms with Gasteiger partial charge in [0.25, 0.3) is 5.91 Å². The van der Waals surface area contributed by atoms with Crippen molar-refractivity contribution >= 4 is 56.9 Å². The van der Waals surface area contributed by atoms with Gasteiger partial charge in [0.2, 0.25) is 17.7 Å². The van der Waals surface area contributed by atoms with Crippen molar-refractivity contribution in [3.8, 4) is 0 Å². The maximum absolute atomic E-state index is 14.2. The fraction of sp³-hybridized carbons (Fsp3) is 0.325. The molecule has 4 amide bonds. The van der Waals surface area contributed by atoms with Gasteiger partial charge in [-0.1, -0.05) is 72.3 Å². The standard InChI is InChI=1S/C40H41ClN6O4/c1-42-39(50)34(13-7-10-25-8-3-2-4-9-25)45-38(49)33-24-46(37(48)17-28-20-43-35-18-30(41)14-15-31(28)35)21-29-22-47(23-32(29)33)40(51)36-16-26-11-5-6-12-27(26)19-44-36/h2-6,8-9,11-12,14-16,18-20,29,32-34,43H,7,10,13,17,21-24H2,1H3,(H,42,50)(H,45,49)/t29?,32?,33?,34-/m0/s1. The summed E-state index contributed by atoms with van der Waals surface area (Å²) in [6.07, 6.45) is 5.63. The Labute approximate surface area is 301 Å². The number of piperidine rings is 1. The molecule has 0 spiro atoms. The van der Waals surface area contributed by atoms with Gasteiger partial charge < -0.3 is 25.4 Å². The molecule has 7 rings (SSSR count). The second-order valence-corrected chi connectivity index (χ2v) is 14.1. The molecule has 262 valence electrons. The molecule has 3 aromatic carbocycles. The van der Waals surface area contributed by atoms with Crippen molar-refractivity contribution in [2.45, 2.75) is 31.7 Å². The number of likely N-dealkylation sites (tertiary alicyclic amines) is 2. The number of hydrogen-bond acceptors (Lipinski definition) is 5. The monoisotopic (exact) mass is 704 g/mol. The molecule has 0 aliphatic carbocycles. The summed E-state index contributed by atoms with van der Waals surface area (Å²) in [5, 5.41) is 9.14. The third-order valence-corrected chi connectivity index (χ3v) is 10.7. The lowest BCUT2D eigenvalue weighted by molar-refractivity contribution is -0.140. The molecule has 3 unspecified atom stereocenters. The molecular weight excluding hydrogens is 664 g/mol. The SMILES string of the molecule is CNC(=O)[C@H](CCCc1ccccc1)NC(=O)C1CN(C(=O)Cc2c[nH]c3cc(Cl)ccc23)CC2CN(C(=O)c3cc4ccccc4cn3)CC21. The number of pyridine rings is 1. The molecule has 3 N–H and O–H groups in total. The minimum atomic E-state index is -0.727. The van der Waals surface area contributed by atoms with Crippen LogP contribution in [0.15, 0.2) is 91.3 Å². The Bertz CT molecular complexity index is 2080. The molecule has 2 fully saturated rings. The van der Waals surface area contributed by atoms with E-state index in [9.17, 15) is 19.2 Å². The number of rotatable bonds is 10. The van der Waals surface area contributed by atoms with Crippen LogP contribution in [0, 0.1) is 17.8 Å². The number of carbonyl (C=O) groups excluding carboxylic acids is 4. The van der Waals surface area contributed by atoms with E-state index in [0.717, 1.165) is 33.7 Å². The fourth-order valence-corrected chi connectivity index (χ4v) is 7.91. The van der Waals surface area contributed by atoms with Gasteiger partial charge in [-0.05, 0) is 65.8 Å². The number of likely N-dealkylation sites (N-methyl/N-ethyl adjacent to an activating group) is 1.